The van der Waals surface area contributed by atoms with Gasteiger partial charge in [0, 0.05) is 32.3 Å². The highest BCUT2D eigenvalue weighted by Gasteiger charge is 2.34. The maximum atomic E-state index is 12.4. The van der Waals surface area contributed by atoms with Crippen LogP contribution < -0.4 is 5.32 Å². The number of aliphatic hydroxyl groups is 1. The Bertz CT molecular complexity index is 654. The molecule has 1 saturated heterocycles. The number of carbonyl (C=O) groups excluding carboxylic acids is 3. The van der Waals surface area contributed by atoms with E-state index in [9.17, 15) is 14.4 Å². The van der Waals surface area contributed by atoms with Crippen molar-refractivity contribution < 1.29 is 19.5 Å². The Balaban J connectivity index is 1.46. The third-order valence-electron chi connectivity index (χ3n) is 5.06. The van der Waals surface area contributed by atoms with Crippen molar-refractivity contribution in [2.24, 2.45) is 0 Å². The lowest BCUT2D eigenvalue weighted by molar-refractivity contribution is 0.0653. The number of benzene rings is 1. The number of hydrogen-bond acceptors (Lipinski definition) is 4. The monoisotopic (exact) mass is 359 g/mol. The molecule has 0 saturated carbocycles. The number of amides is 4. The third-order valence-corrected chi connectivity index (χ3v) is 5.06. The predicted molar refractivity (Wildman–Crippen MR) is 95.9 cm³/mol. The van der Waals surface area contributed by atoms with Crippen LogP contribution in [0.15, 0.2) is 24.3 Å². The lowest BCUT2D eigenvalue weighted by Gasteiger charge is -2.35. The van der Waals surface area contributed by atoms with Gasteiger partial charge in [0.15, 0.2) is 0 Å². The first kappa shape index (κ1) is 18.4. The molecule has 1 fully saturated rings. The van der Waals surface area contributed by atoms with Crippen LogP contribution in [0.3, 0.4) is 0 Å². The quantitative estimate of drug-likeness (QED) is 0.597. The van der Waals surface area contributed by atoms with Crippen LogP contribution in [0.1, 0.15) is 52.8 Å². The van der Waals surface area contributed by atoms with E-state index in [1.165, 1.54) is 4.90 Å². The number of hydrogen-bond donors (Lipinski definition) is 2. The first-order valence-electron chi connectivity index (χ1n) is 9.24. The minimum Gasteiger partial charge on any atom is -0.396 e. The molecule has 0 aromatic heterocycles. The number of fused-ring (bicyclic) bond motifs is 1. The van der Waals surface area contributed by atoms with Crippen LogP contribution in [0.25, 0.3) is 0 Å². The van der Waals surface area contributed by atoms with Crippen molar-refractivity contribution in [3.63, 3.8) is 0 Å². The zero-order chi connectivity index (χ0) is 18.5. The molecule has 1 aromatic carbocycles. The van der Waals surface area contributed by atoms with E-state index in [4.69, 9.17) is 5.11 Å². The predicted octanol–water partition coefficient (Wildman–Crippen LogP) is 1.62. The lowest BCUT2D eigenvalue weighted by Crippen LogP contribution is -2.49. The van der Waals surface area contributed by atoms with Crippen molar-refractivity contribution in [2.75, 3.05) is 26.2 Å². The standard InChI is InChI=1S/C19H25N3O4/c23-13-9-14-6-3-4-11-21(14)19(26)20-10-5-12-22-17(24)15-7-1-2-8-16(15)18(22)25/h1-2,7-8,14,23H,3-6,9-13H2,(H,20,26). The molecule has 0 spiro atoms. The molecule has 0 aliphatic carbocycles. The van der Waals surface area contributed by atoms with Gasteiger partial charge in [0.2, 0.25) is 0 Å². The van der Waals surface area contributed by atoms with E-state index in [1.807, 2.05) is 0 Å². The second-order valence-corrected chi connectivity index (χ2v) is 6.75. The summed E-state index contributed by atoms with van der Waals surface area (Å²) in [7, 11) is 0. The molecule has 1 unspecified atom stereocenters. The van der Waals surface area contributed by atoms with Gasteiger partial charge in [0.1, 0.15) is 0 Å². The fourth-order valence-corrected chi connectivity index (χ4v) is 3.69. The molecule has 2 N–H and O–H groups in total. The lowest BCUT2D eigenvalue weighted by atomic mass is 10.0. The van der Waals surface area contributed by atoms with E-state index in [0.29, 0.717) is 37.1 Å². The van der Waals surface area contributed by atoms with Crippen LogP contribution in [0, 0.1) is 0 Å². The summed E-state index contributed by atoms with van der Waals surface area (Å²) in [6.45, 7) is 1.46. The van der Waals surface area contributed by atoms with Crippen molar-refractivity contribution in [1.29, 1.82) is 0 Å². The number of nitrogens with one attached hydrogen (secondary N) is 1. The van der Waals surface area contributed by atoms with Crippen molar-refractivity contribution >= 4 is 17.8 Å². The zero-order valence-electron chi connectivity index (χ0n) is 14.8. The van der Waals surface area contributed by atoms with Gasteiger partial charge in [-0.1, -0.05) is 12.1 Å². The Labute approximate surface area is 153 Å². The van der Waals surface area contributed by atoms with Crippen molar-refractivity contribution in [3.05, 3.63) is 35.4 Å². The molecule has 4 amide bonds. The average Bonchev–Trinajstić information content (AvgIpc) is 2.90. The second kappa shape index (κ2) is 8.31. The molecule has 0 bridgehead atoms. The number of carbonyl (C=O) groups is 3. The number of likely N-dealkylation sites (tertiary alicyclic amines) is 1. The van der Waals surface area contributed by atoms with Crippen molar-refractivity contribution in [1.82, 2.24) is 15.1 Å². The summed E-state index contributed by atoms with van der Waals surface area (Å²) in [6, 6.07) is 6.77. The fourth-order valence-electron chi connectivity index (χ4n) is 3.69. The second-order valence-electron chi connectivity index (χ2n) is 6.75. The van der Waals surface area contributed by atoms with Crippen molar-refractivity contribution in [3.8, 4) is 0 Å². The first-order chi connectivity index (χ1) is 12.6. The molecule has 2 aliphatic rings. The van der Waals surface area contributed by atoms with Gasteiger partial charge in [-0.15, -0.1) is 0 Å². The highest BCUT2D eigenvalue weighted by molar-refractivity contribution is 6.21. The van der Waals surface area contributed by atoms with Gasteiger partial charge < -0.3 is 15.3 Å². The molecule has 7 nitrogen and oxygen atoms in total. The summed E-state index contributed by atoms with van der Waals surface area (Å²) < 4.78 is 0. The fraction of sp³-hybridized carbons (Fsp3) is 0.526. The van der Waals surface area contributed by atoms with E-state index < -0.39 is 0 Å². The molecular weight excluding hydrogens is 334 g/mol. The van der Waals surface area contributed by atoms with Gasteiger partial charge in [-0.3, -0.25) is 14.5 Å². The molecular formula is C19H25N3O4. The Morgan fingerprint density at radius 3 is 2.50 bits per heavy atom. The number of imide groups is 1. The highest BCUT2D eigenvalue weighted by Crippen LogP contribution is 2.22. The minimum atomic E-state index is -0.268. The molecule has 0 radical (unpaired) electrons. The summed E-state index contributed by atoms with van der Waals surface area (Å²) >= 11 is 0. The van der Waals surface area contributed by atoms with Crippen LogP contribution in [0.4, 0.5) is 4.79 Å². The third kappa shape index (κ3) is 3.72. The maximum absolute atomic E-state index is 12.4. The molecule has 26 heavy (non-hydrogen) atoms. The van der Waals surface area contributed by atoms with E-state index in [2.05, 4.69) is 5.32 Å². The number of rotatable bonds is 6. The number of nitrogens with zero attached hydrogens (tertiary/aromatic N) is 2. The van der Waals surface area contributed by atoms with Crippen LogP contribution >= 0.6 is 0 Å². The van der Waals surface area contributed by atoms with Gasteiger partial charge in [-0.05, 0) is 44.2 Å². The van der Waals surface area contributed by atoms with Crippen LogP contribution in [0.5, 0.6) is 0 Å². The number of piperidine rings is 1. The van der Waals surface area contributed by atoms with Gasteiger partial charge in [-0.25, -0.2) is 4.79 Å². The summed E-state index contributed by atoms with van der Waals surface area (Å²) in [4.78, 5) is 40.0. The summed E-state index contributed by atoms with van der Waals surface area (Å²) in [6.07, 6.45) is 4.08. The molecule has 3 rings (SSSR count). The summed E-state index contributed by atoms with van der Waals surface area (Å²) in [5.74, 6) is -0.535. The van der Waals surface area contributed by atoms with Crippen LogP contribution in [0.2, 0.25) is 0 Å². The molecule has 1 aromatic rings. The van der Waals surface area contributed by atoms with Crippen LogP contribution in [-0.4, -0.2) is 65.0 Å². The summed E-state index contributed by atoms with van der Waals surface area (Å²) in [5.41, 5.74) is 0.892. The number of aliphatic hydroxyl groups excluding tert-OH is 1. The largest absolute Gasteiger partial charge is 0.396 e. The van der Waals surface area contributed by atoms with E-state index in [0.717, 1.165) is 19.3 Å². The smallest absolute Gasteiger partial charge is 0.317 e. The maximum Gasteiger partial charge on any atom is 0.317 e. The van der Waals surface area contributed by atoms with E-state index >= 15 is 0 Å². The molecule has 7 heteroatoms. The van der Waals surface area contributed by atoms with Gasteiger partial charge >= 0.3 is 6.03 Å². The average molecular weight is 359 g/mol. The van der Waals surface area contributed by atoms with Gasteiger partial charge in [0.25, 0.3) is 11.8 Å². The SMILES string of the molecule is O=C1c2ccccc2C(=O)N1CCCNC(=O)N1CCCCC1CCO. The molecule has 140 valence electrons. The van der Waals surface area contributed by atoms with E-state index in [-0.39, 0.29) is 37.0 Å². The van der Waals surface area contributed by atoms with Crippen molar-refractivity contribution in [2.45, 2.75) is 38.1 Å². The molecule has 2 heterocycles. The minimum absolute atomic E-state index is 0.0776. The summed E-state index contributed by atoms with van der Waals surface area (Å²) in [5, 5.41) is 12.0. The number of urea groups is 1. The normalized spacial score (nSPS) is 19.7. The first-order valence-corrected chi connectivity index (χ1v) is 9.24. The highest BCUT2D eigenvalue weighted by atomic mass is 16.3. The Morgan fingerprint density at radius 2 is 1.85 bits per heavy atom. The van der Waals surface area contributed by atoms with Gasteiger partial charge in [-0.2, -0.15) is 0 Å². The van der Waals surface area contributed by atoms with Gasteiger partial charge in [0.05, 0.1) is 11.1 Å². The molecule has 1 atom stereocenters. The van der Waals surface area contributed by atoms with E-state index in [1.54, 1.807) is 29.2 Å². The Morgan fingerprint density at radius 1 is 1.15 bits per heavy atom. The molecule has 2 aliphatic heterocycles. The topological polar surface area (TPSA) is 90.0 Å². The zero-order valence-corrected chi connectivity index (χ0v) is 14.8. The Hall–Kier alpha value is -2.41. The Kier molecular flexibility index (Phi) is 5.88. The van der Waals surface area contributed by atoms with Crippen LogP contribution in [-0.2, 0) is 0 Å².